The van der Waals surface area contributed by atoms with E-state index in [2.05, 4.69) is 39.4 Å². The first-order valence-electron chi connectivity index (χ1n) is 9.15. The van der Waals surface area contributed by atoms with Crippen LogP contribution in [0.4, 0.5) is 0 Å². The summed E-state index contributed by atoms with van der Waals surface area (Å²) in [6.07, 6.45) is 0. The van der Waals surface area contributed by atoms with E-state index in [1.54, 1.807) is 4.90 Å². The Morgan fingerprint density at radius 1 is 0.963 bits per heavy atom. The minimum atomic E-state index is -0.194. The van der Waals surface area contributed by atoms with Crippen LogP contribution in [0.3, 0.4) is 0 Å². The fraction of sp³-hybridized carbons (Fsp3) is 0.286. The zero-order chi connectivity index (χ0) is 18.6. The van der Waals surface area contributed by atoms with Crippen LogP contribution in [0.25, 0.3) is 11.5 Å². The predicted octanol–water partition coefficient (Wildman–Crippen LogP) is 3.00. The van der Waals surface area contributed by atoms with Crippen molar-refractivity contribution in [2.45, 2.75) is 13.5 Å². The highest BCUT2D eigenvalue weighted by atomic mass is 16.4. The number of rotatable bonds is 4. The monoisotopic (exact) mass is 362 g/mol. The highest BCUT2D eigenvalue weighted by Gasteiger charge is 2.26. The van der Waals surface area contributed by atoms with Gasteiger partial charge in [0.15, 0.2) is 0 Å². The number of aryl methyl sites for hydroxylation is 1. The number of piperazine rings is 1. The largest absolute Gasteiger partial charge is 0.412 e. The lowest BCUT2D eigenvalue weighted by Gasteiger charge is -2.34. The van der Waals surface area contributed by atoms with Crippen LogP contribution >= 0.6 is 0 Å². The molecule has 1 aliphatic rings. The summed E-state index contributed by atoms with van der Waals surface area (Å²) in [5, 5.41) is 7.98. The number of benzene rings is 2. The molecule has 0 bridgehead atoms. The smallest absolute Gasteiger partial charge is 0.311 e. The number of hydrogen-bond acceptors (Lipinski definition) is 5. The Morgan fingerprint density at radius 3 is 2.37 bits per heavy atom. The maximum atomic E-state index is 12.7. The summed E-state index contributed by atoms with van der Waals surface area (Å²) < 4.78 is 5.62. The van der Waals surface area contributed by atoms with Crippen molar-refractivity contribution in [1.29, 1.82) is 0 Å². The van der Waals surface area contributed by atoms with Gasteiger partial charge in [-0.3, -0.25) is 9.69 Å². The van der Waals surface area contributed by atoms with E-state index in [1.807, 2.05) is 37.3 Å². The zero-order valence-corrected chi connectivity index (χ0v) is 15.3. The van der Waals surface area contributed by atoms with Gasteiger partial charge in [0, 0.05) is 38.3 Å². The molecule has 6 nitrogen and oxygen atoms in total. The summed E-state index contributed by atoms with van der Waals surface area (Å²) in [6.45, 7) is 5.91. The number of nitrogens with zero attached hydrogens (tertiary/aromatic N) is 4. The molecule has 0 N–H and O–H groups in total. The van der Waals surface area contributed by atoms with E-state index in [1.165, 1.54) is 5.56 Å². The van der Waals surface area contributed by atoms with Gasteiger partial charge in [-0.15, -0.1) is 10.2 Å². The molecule has 1 aliphatic heterocycles. The molecule has 0 unspecified atom stereocenters. The average molecular weight is 362 g/mol. The first kappa shape index (κ1) is 17.4. The molecule has 2 aromatic carbocycles. The van der Waals surface area contributed by atoms with E-state index in [9.17, 15) is 4.79 Å². The standard InChI is InChI=1S/C21H22N4O2/c1-16-7-9-18(10-8-16)19-22-23-20(27-19)21(26)25-13-11-24(12-14-25)15-17-5-3-2-4-6-17/h2-10H,11-15H2,1H3. The van der Waals surface area contributed by atoms with Gasteiger partial charge >= 0.3 is 11.8 Å². The Morgan fingerprint density at radius 2 is 1.67 bits per heavy atom. The third-order valence-corrected chi connectivity index (χ3v) is 4.81. The van der Waals surface area contributed by atoms with Crippen LogP contribution < -0.4 is 0 Å². The molecule has 1 amide bonds. The van der Waals surface area contributed by atoms with Crippen LogP contribution in [0, 0.1) is 6.92 Å². The molecule has 6 heteroatoms. The molecule has 0 saturated carbocycles. The SMILES string of the molecule is Cc1ccc(-c2nnc(C(=O)N3CCN(Cc4ccccc4)CC3)o2)cc1. The third-order valence-electron chi connectivity index (χ3n) is 4.81. The molecule has 2 heterocycles. The fourth-order valence-corrected chi connectivity index (χ4v) is 3.21. The van der Waals surface area contributed by atoms with Crippen molar-refractivity contribution in [3.8, 4) is 11.5 Å². The Hall–Kier alpha value is -2.99. The number of aromatic nitrogens is 2. The van der Waals surface area contributed by atoms with E-state index in [0.29, 0.717) is 19.0 Å². The van der Waals surface area contributed by atoms with Crippen molar-refractivity contribution < 1.29 is 9.21 Å². The van der Waals surface area contributed by atoms with E-state index in [-0.39, 0.29) is 11.8 Å². The molecule has 138 valence electrons. The lowest BCUT2D eigenvalue weighted by molar-refractivity contribution is 0.0590. The summed E-state index contributed by atoms with van der Waals surface area (Å²) in [5.74, 6) is 0.239. The van der Waals surface area contributed by atoms with E-state index < -0.39 is 0 Å². The van der Waals surface area contributed by atoms with E-state index in [4.69, 9.17) is 4.42 Å². The van der Waals surface area contributed by atoms with Gasteiger partial charge in [-0.25, -0.2) is 0 Å². The van der Waals surface area contributed by atoms with Crippen LogP contribution in [0.15, 0.2) is 59.0 Å². The van der Waals surface area contributed by atoms with Crippen LogP contribution in [-0.4, -0.2) is 52.1 Å². The van der Waals surface area contributed by atoms with Crippen molar-refractivity contribution in [2.75, 3.05) is 26.2 Å². The highest BCUT2D eigenvalue weighted by molar-refractivity contribution is 5.89. The summed E-state index contributed by atoms with van der Waals surface area (Å²) in [5.41, 5.74) is 3.26. The van der Waals surface area contributed by atoms with Crippen LogP contribution in [0.5, 0.6) is 0 Å². The zero-order valence-electron chi connectivity index (χ0n) is 15.3. The maximum absolute atomic E-state index is 12.7. The summed E-state index contributed by atoms with van der Waals surface area (Å²) in [7, 11) is 0. The first-order valence-corrected chi connectivity index (χ1v) is 9.15. The molecular weight excluding hydrogens is 340 g/mol. The fourth-order valence-electron chi connectivity index (χ4n) is 3.21. The minimum absolute atomic E-state index is 0.0575. The first-order chi connectivity index (χ1) is 13.2. The molecule has 0 spiro atoms. The molecule has 27 heavy (non-hydrogen) atoms. The number of hydrogen-bond donors (Lipinski definition) is 0. The topological polar surface area (TPSA) is 62.5 Å². The van der Waals surface area contributed by atoms with Gasteiger partial charge in [-0.2, -0.15) is 0 Å². The molecule has 1 fully saturated rings. The van der Waals surface area contributed by atoms with Gasteiger partial charge < -0.3 is 9.32 Å². The normalized spacial score (nSPS) is 15.1. The predicted molar refractivity (Wildman–Crippen MR) is 102 cm³/mol. The molecular formula is C21H22N4O2. The maximum Gasteiger partial charge on any atom is 0.311 e. The van der Waals surface area contributed by atoms with Gasteiger partial charge in [0.1, 0.15) is 0 Å². The minimum Gasteiger partial charge on any atom is -0.412 e. The van der Waals surface area contributed by atoms with Crippen molar-refractivity contribution in [3.63, 3.8) is 0 Å². The van der Waals surface area contributed by atoms with E-state index in [0.717, 1.165) is 30.8 Å². The van der Waals surface area contributed by atoms with Gasteiger partial charge in [0.25, 0.3) is 0 Å². The van der Waals surface area contributed by atoms with Crippen molar-refractivity contribution >= 4 is 5.91 Å². The second kappa shape index (κ2) is 7.72. The Kier molecular flexibility index (Phi) is 4.98. The van der Waals surface area contributed by atoms with Crippen LogP contribution in [0.2, 0.25) is 0 Å². The summed E-state index contributed by atoms with van der Waals surface area (Å²) in [4.78, 5) is 16.8. The van der Waals surface area contributed by atoms with Gasteiger partial charge in [0.05, 0.1) is 0 Å². The molecule has 0 radical (unpaired) electrons. The summed E-state index contributed by atoms with van der Waals surface area (Å²) >= 11 is 0. The summed E-state index contributed by atoms with van der Waals surface area (Å²) in [6, 6.07) is 18.2. The van der Waals surface area contributed by atoms with Crippen LogP contribution in [0.1, 0.15) is 21.8 Å². The van der Waals surface area contributed by atoms with Gasteiger partial charge in [-0.1, -0.05) is 48.0 Å². The van der Waals surface area contributed by atoms with Crippen LogP contribution in [-0.2, 0) is 6.54 Å². The average Bonchev–Trinajstić information content (AvgIpc) is 3.20. The molecule has 0 aliphatic carbocycles. The van der Waals surface area contributed by atoms with Crippen molar-refractivity contribution in [2.24, 2.45) is 0 Å². The lowest BCUT2D eigenvalue weighted by Crippen LogP contribution is -2.48. The van der Waals surface area contributed by atoms with E-state index >= 15 is 0 Å². The second-order valence-corrected chi connectivity index (χ2v) is 6.83. The Labute approximate surface area is 158 Å². The highest BCUT2D eigenvalue weighted by Crippen LogP contribution is 2.19. The van der Waals surface area contributed by atoms with Crippen molar-refractivity contribution in [1.82, 2.24) is 20.0 Å². The molecule has 1 saturated heterocycles. The molecule has 3 aromatic rings. The van der Waals surface area contributed by atoms with Gasteiger partial charge in [-0.05, 0) is 24.6 Å². The molecule has 0 atom stereocenters. The third kappa shape index (κ3) is 4.06. The quantitative estimate of drug-likeness (QED) is 0.714. The van der Waals surface area contributed by atoms with Gasteiger partial charge in [0.2, 0.25) is 5.89 Å². The Bertz CT molecular complexity index is 897. The number of carbonyl (C=O) groups excluding carboxylic acids is 1. The molecule has 4 rings (SSSR count). The lowest BCUT2D eigenvalue weighted by atomic mass is 10.1. The molecule has 1 aromatic heterocycles. The second-order valence-electron chi connectivity index (χ2n) is 6.83. The number of carbonyl (C=O) groups is 1. The van der Waals surface area contributed by atoms with Crippen molar-refractivity contribution in [3.05, 3.63) is 71.6 Å². The number of amides is 1. The Balaban J connectivity index is 1.36.